The molecule has 6 heterocycles. The summed E-state index contributed by atoms with van der Waals surface area (Å²) in [5, 5.41) is 17.5. The van der Waals surface area contributed by atoms with Crippen LogP contribution in [0, 0.1) is 19.8 Å². The van der Waals surface area contributed by atoms with E-state index < -0.39 is 29.7 Å². The average molecular weight is 810 g/mol. The summed E-state index contributed by atoms with van der Waals surface area (Å²) in [6, 6.07) is 16.2. The van der Waals surface area contributed by atoms with Crippen molar-refractivity contribution in [3.8, 4) is 0 Å². The summed E-state index contributed by atoms with van der Waals surface area (Å²) in [7, 11) is 1.89. The van der Waals surface area contributed by atoms with Crippen molar-refractivity contribution in [2.75, 3.05) is 48.7 Å². The molecule has 308 valence electrons. The molecule has 9 rings (SSSR count). The molecule has 2 fully saturated rings. The number of nitrogens with one attached hydrogen (secondary N) is 4. The Hall–Kier alpha value is -6.52. The molecule has 0 radical (unpaired) electrons. The highest BCUT2D eigenvalue weighted by molar-refractivity contribution is 6.24. The van der Waals surface area contributed by atoms with Gasteiger partial charge in [-0.2, -0.15) is 10.1 Å². The van der Waals surface area contributed by atoms with Crippen LogP contribution in [-0.4, -0.2) is 103 Å². The maximum atomic E-state index is 13.2. The largest absolute Gasteiger partial charge is 0.338 e. The summed E-state index contributed by atoms with van der Waals surface area (Å²) in [4.78, 5) is 78.4. The van der Waals surface area contributed by atoms with Gasteiger partial charge in [0.2, 0.25) is 23.7 Å². The first kappa shape index (κ1) is 39.0. The van der Waals surface area contributed by atoms with Gasteiger partial charge in [0.05, 0.1) is 23.1 Å². The Morgan fingerprint density at radius 3 is 2.38 bits per heavy atom. The Kier molecular flexibility index (Phi) is 10.3. The highest BCUT2D eigenvalue weighted by atomic mass is 16.2. The number of rotatable bonds is 10. The highest BCUT2D eigenvalue weighted by Gasteiger charge is 2.44. The molecule has 2 aromatic heterocycles. The van der Waals surface area contributed by atoms with Gasteiger partial charge in [0, 0.05) is 56.4 Å². The number of carbonyl (C=O) groups is 5. The van der Waals surface area contributed by atoms with Crippen molar-refractivity contribution in [3.05, 3.63) is 94.2 Å². The number of piperidine rings is 2. The SMILES string of the molecule is Cc1cccc(C)c1Nc1nn(C)c2nc(Nc3ccc4c(c3)CN(CC3CCN(CC(=O)Nc5ccc6c(c5)C(=O)N(C5CCC(=O)NC5=O)C6=O)CC3)CC4)ncc12. The van der Waals surface area contributed by atoms with Crippen molar-refractivity contribution in [1.82, 2.24) is 39.8 Å². The summed E-state index contributed by atoms with van der Waals surface area (Å²) < 4.78 is 1.77. The third-order valence-corrected chi connectivity index (χ3v) is 12.2. The zero-order valence-corrected chi connectivity index (χ0v) is 33.9. The van der Waals surface area contributed by atoms with E-state index >= 15 is 0 Å². The number of imide groups is 2. The molecule has 5 amide bonds. The van der Waals surface area contributed by atoms with E-state index in [-0.39, 0.29) is 36.4 Å². The number of fused-ring (bicyclic) bond motifs is 3. The van der Waals surface area contributed by atoms with Crippen LogP contribution in [0.2, 0.25) is 0 Å². The molecule has 1 unspecified atom stereocenters. The molecule has 0 spiro atoms. The minimum absolute atomic E-state index is 0.0484. The Balaban J connectivity index is 0.758. The molecule has 60 heavy (non-hydrogen) atoms. The average Bonchev–Trinajstić information content (AvgIpc) is 3.66. The van der Waals surface area contributed by atoms with Crippen LogP contribution in [0.4, 0.5) is 28.8 Å². The second-order valence-electron chi connectivity index (χ2n) is 16.4. The molecule has 0 bridgehead atoms. The van der Waals surface area contributed by atoms with E-state index in [4.69, 9.17) is 10.1 Å². The van der Waals surface area contributed by atoms with Crippen molar-refractivity contribution in [2.24, 2.45) is 13.0 Å². The second-order valence-corrected chi connectivity index (χ2v) is 16.4. The van der Waals surface area contributed by atoms with E-state index in [1.54, 1.807) is 10.7 Å². The number of hydrogen-bond donors (Lipinski definition) is 4. The molecule has 4 aliphatic heterocycles. The molecule has 4 N–H and O–H groups in total. The van der Waals surface area contributed by atoms with Gasteiger partial charge in [0.25, 0.3) is 11.8 Å². The van der Waals surface area contributed by atoms with Crippen molar-refractivity contribution < 1.29 is 24.0 Å². The van der Waals surface area contributed by atoms with Crippen LogP contribution in [-0.2, 0) is 34.4 Å². The smallest absolute Gasteiger partial charge is 0.262 e. The summed E-state index contributed by atoms with van der Waals surface area (Å²) in [6.07, 6.45) is 4.90. The molecule has 5 aromatic rings. The van der Waals surface area contributed by atoms with E-state index in [9.17, 15) is 24.0 Å². The topological polar surface area (TPSA) is 187 Å². The third-order valence-electron chi connectivity index (χ3n) is 12.2. The summed E-state index contributed by atoms with van der Waals surface area (Å²) in [5.41, 5.74) is 8.34. The number of benzene rings is 3. The normalized spacial score (nSPS) is 18.7. The lowest BCUT2D eigenvalue weighted by atomic mass is 9.93. The van der Waals surface area contributed by atoms with Crippen LogP contribution in [0.5, 0.6) is 0 Å². The van der Waals surface area contributed by atoms with Crippen molar-refractivity contribution in [1.29, 1.82) is 0 Å². The Bertz CT molecular complexity index is 2560. The third kappa shape index (κ3) is 7.71. The van der Waals surface area contributed by atoms with Crippen LogP contribution in [0.1, 0.15) is 68.7 Å². The molecule has 4 aliphatic rings. The van der Waals surface area contributed by atoms with Gasteiger partial charge in [-0.15, -0.1) is 0 Å². The molecular weight excluding hydrogens is 763 g/mol. The maximum absolute atomic E-state index is 13.2. The van der Waals surface area contributed by atoms with Crippen LogP contribution in [0.3, 0.4) is 0 Å². The lowest BCUT2D eigenvalue weighted by Gasteiger charge is -2.36. The van der Waals surface area contributed by atoms with Gasteiger partial charge < -0.3 is 16.0 Å². The predicted molar refractivity (Wildman–Crippen MR) is 225 cm³/mol. The molecule has 0 saturated carbocycles. The second kappa shape index (κ2) is 15.9. The number of aryl methyl sites for hydroxylation is 3. The van der Waals surface area contributed by atoms with Gasteiger partial charge in [0.15, 0.2) is 11.5 Å². The van der Waals surface area contributed by atoms with E-state index in [0.717, 1.165) is 96.2 Å². The molecular formula is C44H47N11O5. The number of amides is 5. The van der Waals surface area contributed by atoms with Crippen LogP contribution < -0.4 is 21.3 Å². The van der Waals surface area contributed by atoms with E-state index in [1.165, 1.54) is 23.3 Å². The Labute approximate surface area is 346 Å². The number of likely N-dealkylation sites (tertiary alicyclic amines) is 1. The van der Waals surface area contributed by atoms with Crippen molar-refractivity contribution >= 4 is 69.4 Å². The number of hydrogen-bond acceptors (Lipinski definition) is 12. The standard InChI is InChI=1S/C44H47N11O5/c1-25-5-4-6-26(2)38(25)49-39-34-21-45-44(50-40(34)52(3)51-39)47-30-8-7-28-15-18-54(23-29(28)19-30)22-27-13-16-53(17-14-27)24-37(57)46-31-9-10-32-33(20-31)43(60)55(42(32)59)35-11-12-36(56)48-41(35)58/h4-10,19-21,27,35H,11-18,22-24H2,1-3H3,(H,46,57)(H,49,51)(H,45,47,50)(H,48,56,58). The van der Waals surface area contributed by atoms with Gasteiger partial charge in [-0.05, 0) is 111 Å². The molecule has 16 nitrogen and oxygen atoms in total. The fraction of sp³-hybridized carbons (Fsp3) is 0.364. The monoisotopic (exact) mass is 809 g/mol. The number of carbonyl (C=O) groups excluding carboxylic acids is 5. The van der Waals surface area contributed by atoms with Gasteiger partial charge in [0.1, 0.15) is 6.04 Å². The van der Waals surface area contributed by atoms with Crippen LogP contribution in [0.15, 0.2) is 60.8 Å². The quantitative estimate of drug-likeness (QED) is 0.144. The van der Waals surface area contributed by atoms with Crippen LogP contribution >= 0.6 is 0 Å². The Morgan fingerprint density at radius 1 is 0.833 bits per heavy atom. The van der Waals surface area contributed by atoms with Crippen LogP contribution in [0.25, 0.3) is 11.0 Å². The number of nitrogens with zero attached hydrogens (tertiary/aromatic N) is 7. The first-order valence-electron chi connectivity index (χ1n) is 20.5. The van der Waals surface area contributed by atoms with E-state index in [1.807, 2.05) is 19.3 Å². The molecule has 1 atom stereocenters. The van der Waals surface area contributed by atoms with Gasteiger partial charge in [-0.25, -0.2) is 9.67 Å². The highest BCUT2D eigenvalue weighted by Crippen LogP contribution is 2.32. The molecule has 0 aliphatic carbocycles. The van der Waals surface area contributed by atoms with E-state index in [2.05, 4.69) is 80.2 Å². The maximum Gasteiger partial charge on any atom is 0.262 e. The van der Waals surface area contributed by atoms with Crippen molar-refractivity contribution in [3.63, 3.8) is 0 Å². The minimum Gasteiger partial charge on any atom is -0.338 e. The number of anilines is 5. The van der Waals surface area contributed by atoms with E-state index in [0.29, 0.717) is 17.6 Å². The first-order chi connectivity index (χ1) is 29.0. The Morgan fingerprint density at radius 2 is 1.60 bits per heavy atom. The zero-order valence-electron chi connectivity index (χ0n) is 33.9. The lowest BCUT2D eigenvalue weighted by Crippen LogP contribution is -2.54. The fourth-order valence-electron chi connectivity index (χ4n) is 8.94. The van der Waals surface area contributed by atoms with Gasteiger partial charge in [-0.1, -0.05) is 24.3 Å². The summed E-state index contributed by atoms with van der Waals surface area (Å²) >= 11 is 0. The lowest BCUT2D eigenvalue weighted by molar-refractivity contribution is -0.136. The minimum atomic E-state index is -1.04. The zero-order chi connectivity index (χ0) is 41.7. The van der Waals surface area contributed by atoms with Crippen molar-refractivity contribution in [2.45, 2.75) is 58.5 Å². The van der Waals surface area contributed by atoms with Gasteiger partial charge in [-0.3, -0.25) is 44.0 Å². The van der Waals surface area contributed by atoms with Gasteiger partial charge >= 0.3 is 0 Å². The first-order valence-corrected chi connectivity index (χ1v) is 20.5. The number of para-hydroxylation sites is 1. The molecule has 16 heteroatoms. The summed E-state index contributed by atoms with van der Waals surface area (Å²) in [5.74, 6) is -0.734. The fourth-order valence-corrected chi connectivity index (χ4v) is 8.94. The summed E-state index contributed by atoms with van der Waals surface area (Å²) in [6.45, 7) is 8.84. The molecule has 2 saturated heterocycles. The predicted octanol–water partition coefficient (Wildman–Crippen LogP) is 4.58. The molecule has 3 aromatic carbocycles. The number of aromatic nitrogens is 4.